The van der Waals surface area contributed by atoms with Gasteiger partial charge in [0.05, 0.1) is 18.6 Å². The Morgan fingerprint density at radius 2 is 2.21 bits per heavy atom. The summed E-state index contributed by atoms with van der Waals surface area (Å²) in [6.07, 6.45) is -2.25. The van der Waals surface area contributed by atoms with Gasteiger partial charge in [-0.2, -0.15) is 0 Å². The van der Waals surface area contributed by atoms with Crippen LogP contribution in [0.25, 0.3) is 11.2 Å². The molecule has 2 N–H and O–H groups in total. The van der Waals surface area contributed by atoms with Gasteiger partial charge in [0.25, 0.3) is 0 Å². The van der Waals surface area contributed by atoms with Crippen LogP contribution in [-0.4, -0.2) is 54.7 Å². The van der Waals surface area contributed by atoms with Crippen LogP contribution in [0.4, 0.5) is 4.39 Å². The van der Waals surface area contributed by atoms with Gasteiger partial charge in [0.1, 0.15) is 24.1 Å². The zero-order valence-electron chi connectivity index (χ0n) is 10.1. The topological polar surface area (TPSA) is 93.3 Å². The SMILES string of the molecule is Cc1ncnc2c1ncn2[C@@H]1O[C@H](CO)C(O)[C@H]1F. The van der Waals surface area contributed by atoms with Crippen LogP contribution in [-0.2, 0) is 4.74 Å². The normalized spacial score (nSPS) is 31.2. The van der Waals surface area contributed by atoms with E-state index in [1.54, 1.807) is 6.92 Å². The van der Waals surface area contributed by atoms with Crippen molar-refractivity contribution >= 4 is 11.2 Å². The number of hydrogen-bond acceptors (Lipinski definition) is 6. The van der Waals surface area contributed by atoms with Crippen molar-refractivity contribution in [1.29, 1.82) is 0 Å². The van der Waals surface area contributed by atoms with Crippen LogP contribution in [0, 0.1) is 6.92 Å². The number of aliphatic hydroxyl groups is 2. The van der Waals surface area contributed by atoms with Crippen LogP contribution >= 0.6 is 0 Å². The van der Waals surface area contributed by atoms with E-state index in [1.807, 2.05) is 0 Å². The second kappa shape index (κ2) is 4.48. The molecule has 2 aromatic rings. The second-order valence-electron chi connectivity index (χ2n) is 4.47. The standard InChI is InChI=1S/C11H13FN4O3/c1-5-8-10(14-3-13-5)16(4-15-8)11-7(12)9(18)6(2-17)19-11/h3-4,6-7,9,11,17-18H,2H2,1H3/t6-,7-,9?,11-/m1/s1. The van der Waals surface area contributed by atoms with Gasteiger partial charge in [0.15, 0.2) is 18.0 Å². The predicted octanol–water partition coefficient (Wildman–Crippen LogP) is -0.277. The van der Waals surface area contributed by atoms with Crippen molar-refractivity contribution < 1.29 is 19.3 Å². The van der Waals surface area contributed by atoms with Crippen LogP contribution in [0.1, 0.15) is 11.9 Å². The maximum absolute atomic E-state index is 14.0. The summed E-state index contributed by atoms with van der Waals surface area (Å²) in [5, 5.41) is 18.7. The quantitative estimate of drug-likeness (QED) is 0.778. The third kappa shape index (κ3) is 1.79. The molecule has 1 aliphatic rings. The lowest BCUT2D eigenvalue weighted by Crippen LogP contribution is -2.30. The number of aryl methyl sites for hydroxylation is 1. The minimum Gasteiger partial charge on any atom is -0.394 e. The van der Waals surface area contributed by atoms with Gasteiger partial charge in [-0.05, 0) is 6.92 Å². The molecule has 0 saturated carbocycles. The van der Waals surface area contributed by atoms with Gasteiger partial charge < -0.3 is 14.9 Å². The largest absolute Gasteiger partial charge is 0.394 e. The maximum atomic E-state index is 14.0. The van der Waals surface area contributed by atoms with Crippen LogP contribution in [0.3, 0.4) is 0 Å². The highest BCUT2D eigenvalue weighted by Crippen LogP contribution is 2.33. The molecule has 0 bridgehead atoms. The number of nitrogens with zero attached hydrogens (tertiary/aromatic N) is 4. The van der Waals surface area contributed by atoms with Crippen molar-refractivity contribution in [1.82, 2.24) is 19.5 Å². The molecular formula is C11H13FN4O3. The molecule has 3 rings (SSSR count). The first kappa shape index (κ1) is 12.4. The molecule has 7 nitrogen and oxygen atoms in total. The van der Waals surface area contributed by atoms with Crippen molar-refractivity contribution in [3.05, 3.63) is 18.3 Å². The van der Waals surface area contributed by atoms with E-state index in [0.717, 1.165) is 0 Å². The smallest absolute Gasteiger partial charge is 0.173 e. The van der Waals surface area contributed by atoms with E-state index in [4.69, 9.17) is 9.84 Å². The van der Waals surface area contributed by atoms with Gasteiger partial charge >= 0.3 is 0 Å². The lowest BCUT2D eigenvalue weighted by atomic mass is 10.1. The van der Waals surface area contributed by atoms with E-state index in [1.165, 1.54) is 17.2 Å². The Kier molecular flexibility index (Phi) is 2.92. The number of aliphatic hydroxyl groups excluding tert-OH is 2. The lowest BCUT2D eigenvalue weighted by molar-refractivity contribution is -0.0459. The van der Waals surface area contributed by atoms with Gasteiger partial charge in [-0.3, -0.25) is 4.57 Å². The van der Waals surface area contributed by atoms with Crippen LogP contribution in [0.15, 0.2) is 12.7 Å². The average molecular weight is 268 g/mol. The third-order valence-electron chi connectivity index (χ3n) is 3.29. The van der Waals surface area contributed by atoms with E-state index in [9.17, 15) is 9.50 Å². The van der Waals surface area contributed by atoms with E-state index >= 15 is 0 Å². The summed E-state index contributed by atoms with van der Waals surface area (Å²) in [7, 11) is 0. The fourth-order valence-corrected chi connectivity index (χ4v) is 2.23. The summed E-state index contributed by atoms with van der Waals surface area (Å²) in [4.78, 5) is 12.2. The lowest BCUT2D eigenvalue weighted by Gasteiger charge is -2.14. The summed E-state index contributed by atoms with van der Waals surface area (Å²) in [6.45, 7) is 1.33. The monoisotopic (exact) mass is 268 g/mol. The maximum Gasteiger partial charge on any atom is 0.173 e. The number of imidazole rings is 1. The summed E-state index contributed by atoms with van der Waals surface area (Å²) in [5.74, 6) is 0. The number of alkyl halides is 1. The van der Waals surface area contributed by atoms with Gasteiger partial charge in [0.2, 0.25) is 0 Å². The Morgan fingerprint density at radius 1 is 1.42 bits per heavy atom. The highest BCUT2D eigenvalue weighted by atomic mass is 19.1. The number of ether oxygens (including phenoxy) is 1. The molecule has 1 unspecified atom stereocenters. The van der Waals surface area contributed by atoms with Gasteiger partial charge in [-0.25, -0.2) is 19.3 Å². The Bertz CT molecular complexity index is 605. The molecule has 0 amide bonds. The van der Waals surface area contributed by atoms with Crippen molar-refractivity contribution in [2.24, 2.45) is 0 Å². The fourth-order valence-electron chi connectivity index (χ4n) is 2.23. The third-order valence-corrected chi connectivity index (χ3v) is 3.29. The molecule has 4 atom stereocenters. The first-order valence-corrected chi connectivity index (χ1v) is 5.86. The molecule has 1 saturated heterocycles. The van der Waals surface area contributed by atoms with E-state index in [0.29, 0.717) is 16.9 Å². The van der Waals surface area contributed by atoms with Gasteiger partial charge in [-0.1, -0.05) is 0 Å². The summed E-state index contributed by atoms with van der Waals surface area (Å²) >= 11 is 0. The number of hydrogen-bond donors (Lipinski definition) is 2. The molecule has 102 valence electrons. The van der Waals surface area contributed by atoms with Crippen molar-refractivity contribution in [3.63, 3.8) is 0 Å². The molecule has 1 fully saturated rings. The molecule has 19 heavy (non-hydrogen) atoms. The van der Waals surface area contributed by atoms with Crippen molar-refractivity contribution in [3.8, 4) is 0 Å². The zero-order valence-corrected chi connectivity index (χ0v) is 10.1. The Balaban J connectivity index is 2.04. The zero-order chi connectivity index (χ0) is 13.6. The van der Waals surface area contributed by atoms with Crippen molar-refractivity contribution in [2.75, 3.05) is 6.61 Å². The van der Waals surface area contributed by atoms with Crippen LogP contribution in [0.5, 0.6) is 0 Å². The van der Waals surface area contributed by atoms with Crippen LogP contribution < -0.4 is 0 Å². The Hall–Kier alpha value is -1.64. The fraction of sp³-hybridized carbons (Fsp3) is 0.545. The van der Waals surface area contributed by atoms with E-state index in [2.05, 4.69) is 15.0 Å². The number of rotatable bonds is 2. The first-order valence-electron chi connectivity index (χ1n) is 5.86. The minimum absolute atomic E-state index is 0.436. The molecule has 1 aliphatic heterocycles. The molecular weight excluding hydrogens is 255 g/mol. The molecule has 0 aromatic carbocycles. The molecule has 0 radical (unpaired) electrons. The molecule has 2 aromatic heterocycles. The summed E-state index contributed by atoms with van der Waals surface area (Å²) < 4.78 is 20.8. The van der Waals surface area contributed by atoms with E-state index < -0.39 is 31.2 Å². The number of halogens is 1. The minimum atomic E-state index is -1.65. The highest BCUT2D eigenvalue weighted by Gasteiger charge is 2.45. The molecule has 0 aliphatic carbocycles. The number of aromatic nitrogens is 4. The average Bonchev–Trinajstić information content (AvgIpc) is 2.94. The number of fused-ring (bicyclic) bond motifs is 1. The first-order chi connectivity index (χ1) is 9.13. The molecule has 3 heterocycles. The Labute approximate surface area is 107 Å². The van der Waals surface area contributed by atoms with Gasteiger partial charge in [-0.15, -0.1) is 0 Å². The van der Waals surface area contributed by atoms with Crippen molar-refractivity contribution in [2.45, 2.75) is 31.5 Å². The summed E-state index contributed by atoms with van der Waals surface area (Å²) in [5.41, 5.74) is 1.67. The molecule has 0 spiro atoms. The van der Waals surface area contributed by atoms with Gasteiger partial charge in [0, 0.05) is 0 Å². The summed E-state index contributed by atoms with van der Waals surface area (Å²) in [6, 6.07) is 0. The molecule has 8 heteroatoms. The van der Waals surface area contributed by atoms with Crippen LogP contribution in [0.2, 0.25) is 0 Å². The highest BCUT2D eigenvalue weighted by molar-refractivity contribution is 5.72. The predicted molar refractivity (Wildman–Crippen MR) is 62.0 cm³/mol. The Morgan fingerprint density at radius 3 is 2.89 bits per heavy atom. The van der Waals surface area contributed by atoms with E-state index in [-0.39, 0.29) is 0 Å². The second-order valence-corrected chi connectivity index (χ2v) is 4.47.